The largest absolute Gasteiger partial charge is 0.479 e. The van der Waals surface area contributed by atoms with Gasteiger partial charge in [0, 0.05) is 32.4 Å². The van der Waals surface area contributed by atoms with E-state index in [9.17, 15) is 14.7 Å². The molecule has 2 saturated carbocycles. The molecule has 1 aliphatic heterocycles. The maximum absolute atomic E-state index is 12.7. The van der Waals surface area contributed by atoms with Crippen molar-refractivity contribution in [3.63, 3.8) is 0 Å². The number of nitrogens with zero attached hydrogens (tertiary/aromatic N) is 3. The third-order valence-corrected chi connectivity index (χ3v) is 6.52. The van der Waals surface area contributed by atoms with E-state index in [4.69, 9.17) is 11.6 Å². The van der Waals surface area contributed by atoms with E-state index in [1.54, 1.807) is 12.1 Å². The fraction of sp³-hybridized carbons (Fsp3) is 0.550. The molecule has 0 radical (unpaired) electrons. The van der Waals surface area contributed by atoms with Gasteiger partial charge in [-0.05, 0) is 44.2 Å². The van der Waals surface area contributed by atoms with Gasteiger partial charge in [0.1, 0.15) is 0 Å². The number of rotatable bonds is 5. The summed E-state index contributed by atoms with van der Waals surface area (Å²) in [7, 11) is 0. The van der Waals surface area contributed by atoms with Gasteiger partial charge in [0.05, 0.1) is 16.1 Å². The summed E-state index contributed by atoms with van der Waals surface area (Å²) >= 11 is 6.16. The molecule has 0 spiro atoms. The van der Waals surface area contributed by atoms with Crippen LogP contribution in [0.25, 0.3) is 0 Å². The number of carbonyl (C=O) groups excluding carboxylic acids is 1. The number of piperazine rings is 1. The number of carboxylic acid groups (broad SMARTS) is 1. The van der Waals surface area contributed by atoms with Gasteiger partial charge >= 0.3 is 5.97 Å². The minimum absolute atomic E-state index is 0.0283. The quantitative estimate of drug-likeness (QED) is 0.786. The number of amides is 1. The van der Waals surface area contributed by atoms with Crippen LogP contribution in [-0.4, -0.2) is 70.3 Å². The second kappa shape index (κ2) is 6.91. The summed E-state index contributed by atoms with van der Waals surface area (Å²) in [4.78, 5) is 32.8. The molecule has 3 aliphatic rings. The van der Waals surface area contributed by atoms with E-state index < -0.39 is 11.5 Å². The average molecular weight is 390 g/mol. The van der Waals surface area contributed by atoms with Gasteiger partial charge in [-0.2, -0.15) is 0 Å². The van der Waals surface area contributed by atoms with E-state index in [1.807, 2.05) is 23.2 Å². The van der Waals surface area contributed by atoms with Gasteiger partial charge in [0.2, 0.25) is 0 Å². The normalized spacial score (nSPS) is 23.8. The second-order valence-electron chi connectivity index (χ2n) is 7.81. The van der Waals surface area contributed by atoms with Gasteiger partial charge in [0.15, 0.2) is 5.54 Å². The first-order valence-electron chi connectivity index (χ1n) is 9.55. The van der Waals surface area contributed by atoms with Crippen molar-refractivity contribution in [3.05, 3.63) is 34.9 Å². The van der Waals surface area contributed by atoms with Crippen molar-refractivity contribution in [2.45, 2.75) is 43.2 Å². The fourth-order valence-corrected chi connectivity index (χ4v) is 4.20. The highest BCUT2D eigenvalue weighted by atomic mass is 35.5. The molecule has 1 amide bonds. The standard InChI is InChI=1S/C20H24ClN3O3/c21-16-5-2-1-4-15(16)17(25)23-10-12-24(13-11-23)19(6-3-7-19)14-22-20(8-9-20)18(26)27/h1-2,4-5,14H,3,6-13H2,(H,26,27). The minimum atomic E-state index is -0.871. The first kappa shape index (κ1) is 18.4. The fourth-order valence-electron chi connectivity index (χ4n) is 3.99. The first-order chi connectivity index (χ1) is 13.0. The lowest BCUT2D eigenvalue weighted by molar-refractivity contribution is -0.139. The predicted molar refractivity (Wildman–Crippen MR) is 104 cm³/mol. The highest BCUT2D eigenvalue weighted by molar-refractivity contribution is 6.33. The lowest BCUT2D eigenvalue weighted by Gasteiger charge is -2.51. The Morgan fingerprint density at radius 3 is 2.26 bits per heavy atom. The van der Waals surface area contributed by atoms with Crippen LogP contribution >= 0.6 is 11.6 Å². The molecule has 2 aliphatic carbocycles. The number of aliphatic carboxylic acids is 1. The van der Waals surface area contributed by atoms with Gasteiger partial charge < -0.3 is 10.0 Å². The summed E-state index contributed by atoms with van der Waals surface area (Å²) in [6, 6.07) is 7.14. The van der Waals surface area contributed by atoms with E-state index in [0.29, 0.717) is 36.5 Å². The van der Waals surface area contributed by atoms with E-state index in [1.165, 1.54) is 0 Å². The van der Waals surface area contributed by atoms with Crippen molar-refractivity contribution in [2.75, 3.05) is 26.2 Å². The number of carbonyl (C=O) groups is 2. The topological polar surface area (TPSA) is 73.2 Å². The molecule has 1 aromatic rings. The van der Waals surface area contributed by atoms with Gasteiger partial charge in [-0.1, -0.05) is 23.7 Å². The van der Waals surface area contributed by atoms with E-state index in [0.717, 1.165) is 32.4 Å². The number of carboxylic acids is 1. The summed E-state index contributed by atoms with van der Waals surface area (Å²) in [5.41, 5.74) is -0.459. The summed E-state index contributed by atoms with van der Waals surface area (Å²) in [6.45, 7) is 2.82. The second-order valence-corrected chi connectivity index (χ2v) is 8.22. The van der Waals surface area contributed by atoms with Crippen LogP contribution in [0.1, 0.15) is 42.5 Å². The monoisotopic (exact) mass is 389 g/mol. The Labute approximate surface area is 163 Å². The number of halogens is 1. The van der Waals surface area contributed by atoms with Gasteiger partial charge in [-0.15, -0.1) is 0 Å². The molecule has 0 aromatic heterocycles. The lowest BCUT2D eigenvalue weighted by Crippen LogP contribution is -2.61. The zero-order valence-corrected chi connectivity index (χ0v) is 16.0. The summed E-state index contributed by atoms with van der Waals surface area (Å²) in [6.07, 6.45) is 6.31. The highest BCUT2D eigenvalue weighted by Crippen LogP contribution is 2.42. The Bertz CT molecular complexity index is 778. The van der Waals surface area contributed by atoms with Crippen LogP contribution in [0.15, 0.2) is 29.3 Å². The Morgan fingerprint density at radius 2 is 1.74 bits per heavy atom. The van der Waals surface area contributed by atoms with E-state index >= 15 is 0 Å². The molecular formula is C20H24ClN3O3. The van der Waals surface area contributed by atoms with Gasteiger partial charge in [-0.3, -0.25) is 14.7 Å². The average Bonchev–Trinajstić information content (AvgIpc) is 3.43. The highest BCUT2D eigenvalue weighted by Gasteiger charge is 2.51. The van der Waals surface area contributed by atoms with Crippen molar-refractivity contribution < 1.29 is 14.7 Å². The molecule has 3 fully saturated rings. The molecule has 27 heavy (non-hydrogen) atoms. The summed E-state index contributed by atoms with van der Waals surface area (Å²) in [5, 5.41) is 9.83. The third kappa shape index (κ3) is 3.36. The molecule has 1 saturated heterocycles. The molecule has 6 nitrogen and oxygen atoms in total. The number of hydrogen-bond donors (Lipinski definition) is 1. The molecule has 144 valence electrons. The molecular weight excluding hydrogens is 366 g/mol. The van der Waals surface area contributed by atoms with Gasteiger partial charge in [-0.25, -0.2) is 4.79 Å². The molecule has 0 unspecified atom stereocenters. The SMILES string of the molecule is O=C(c1ccccc1Cl)N1CCN(C2(C=NC3(C(=O)O)CC3)CCC2)CC1. The smallest absolute Gasteiger partial charge is 0.331 e. The molecule has 1 heterocycles. The van der Waals surface area contributed by atoms with Crippen molar-refractivity contribution in [1.82, 2.24) is 9.80 Å². The Hall–Kier alpha value is -1.92. The van der Waals surface area contributed by atoms with E-state index in [2.05, 4.69) is 9.89 Å². The zero-order valence-electron chi connectivity index (χ0n) is 15.2. The molecule has 1 aromatic carbocycles. The Morgan fingerprint density at radius 1 is 1.07 bits per heavy atom. The molecule has 7 heteroatoms. The predicted octanol–water partition coefficient (Wildman–Crippen LogP) is 2.71. The van der Waals surface area contributed by atoms with Crippen molar-refractivity contribution in [2.24, 2.45) is 4.99 Å². The van der Waals surface area contributed by atoms with Crippen LogP contribution in [0.5, 0.6) is 0 Å². The number of hydrogen-bond acceptors (Lipinski definition) is 4. The maximum atomic E-state index is 12.7. The van der Waals surface area contributed by atoms with Crippen LogP contribution < -0.4 is 0 Å². The van der Waals surface area contributed by atoms with Crippen molar-refractivity contribution in [3.8, 4) is 0 Å². The number of benzene rings is 1. The van der Waals surface area contributed by atoms with Crippen LogP contribution in [-0.2, 0) is 4.79 Å². The van der Waals surface area contributed by atoms with Crippen LogP contribution in [0.4, 0.5) is 0 Å². The molecule has 0 bridgehead atoms. The summed E-state index contributed by atoms with van der Waals surface area (Å²) in [5.74, 6) is -0.845. The van der Waals surface area contributed by atoms with Crippen molar-refractivity contribution >= 4 is 29.7 Å². The van der Waals surface area contributed by atoms with Crippen LogP contribution in [0.3, 0.4) is 0 Å². The number of aliphatic imine (C=N–C) groups is 1. The third-order valence-electron chi connectivity index (χ3n) is 6.19. The van der Waals surface area contributed by atoms with Crippen molar-refractivity contribution in [1.29, 1.82) is 0 Å². The van der Waals surface area contributed by atoms with Crippen LogP contribution in [0.2, 0.25) is 5.02 Å². The molecule has 0 atom stereocenters. The summed E-state index contributed by atoms with van der Waals surface area (Å²) < 4.78 is 0. The Balaban J connectivity index is 1.41. The molecule has 4 rings (SSSR count). The molecule has 1 N–H and O–H groups in total. The van der Waals surface area contributed by atoms with Crippen LogP contribution in [0, 0.1) is 0 Å². The lowest BCUT2D eigenvalue weighted by atomic mass is 9.75. The maximum Gasteiger partial charge on any atom is 0.331 e. The minimum Gasteiger partial charge on any atom is -0.479 e. The first-order valence-corrected chi connectivity index (χ1v) is 9.92. The zero-order chi connectivity index (χ0) is 19.1. The Kier molecular flexibility index (Phi) is 4.72. The van der Waals surface area contributed by atoms with Gasteiger partial charge in [0.25, 0.3) is 5.91 Å². The van der Waals surface area contributed by atoms with E-state index in [-0.39, 0.29) is 11.4 Å².